The SMILES string of the molecule is CCCCCCCCCCCC(=O)OC(CN(CC(C)C)NC(=O)[C@@H](N)C(C)C)C(Cc1ccccc1)NC(=O)[C@@H](N)C(C)C. The maximum absolute atomic E-state index is 13.3. The first-order valence-electron chi connectivity index (χ1n) is 17.5. The molecule has 258 valence electrons. The Balaban J connectivity index is 3.17. The maximum Gasteiger partial charge on any atom is 0.306 e. The summed E-state index contributed by atoms with van der Waals surface area (Å²) in [7, 11) is 0. The van der Waals surface area contributed by atoms with Crippen molar-refractivity contribution in [3.8, 4) is 0 Å². The molecule has 9 heteroatoms. The second kappa shape index (κ2) is 22.9. The molecule has 0 spiro atoms. The molecule has 0 saturated heterocycles. The number of hydrogen-bond acceptors (Lipinski definition) is 7. The number of esters is 1. The van der Waals surface area contributed by atoms with Crippen LogP contribution in [-0.2, 0) is 25.5 Å². The van der Waals surface area contributed by atoms with Crippen molar-refractivity contribution in [2.24, 2.45) is 29.2 Å². The van der Waals surface area contributed by atoms with Crippen LogP contribution in [0.3, 0.4) is 0 Å². The summed E-state index contributed by atoms with van der Waals surface area (Å²) < 4.78 is 6.18. The molecule has 1 aromatic rings. The average Bonchev–Trinajstić information content (AvgIpc) is 2.98. The fourth-order valence-electron chi connectivity index (χ4n) is 5.14. The van der Waals surface area contributed by atoms with Gasteiger partial charge in [-0.3, -0.25) is 19.8 Å². The van der Waals surface area contributed by atoms with E-state index in [4.69, 9.17) is 16.2 Å². The number of nitrogens with one attached hydrogen (secondary N) is 2. The standard InChI is InChI=1S/C36H65N5O4/c1-8-9-10-11-12-13-14-15-19-22-32(42)45-31(25-41(24-26(2)3)40-36(44)34(38)28(6)7)30(23-29-20-17-16-18-21-29)39-35(43)33(37)27(4)5/h16-18,20-21,26-28,30-31,33-34H,8-15,19,22-25,37-38H2,1-7H3,(H,39,43)(H,40,44)/t30?,31?,33-,34-/m0/s1. The molecule has 0 bridgehead atoms. The molecule has 1 rings (SSSR count). The molecular formula is C36H65N5O4. The second-order valence-electron chi connectivity index (χ2n) is 13.7. The zero-order valence-electron chi connectivity index (χ0n) is 29.4. The molecule has 0 aliphatic carbocycles. The van der Waals surface area contributed by atoms with Crippen LogP contribution in [0.15, 0.2) is 30.3 Å². The van der Waals surface area contributed by atoms with Crippen molar-refractivity contribution >= 4 is 17.8 Å². The van der Waals surface area contributed by atoms with Crippen LogP contribution in [0.2, 0.25) is 0 Å². The van der Waals surface area contributed by atoms with Crippen molar-refractivity contribution in [3.05, 3.63) is 35.9 Å². The van der Waals surface area contributed by atoms with E-state index in [0.717, 1.165) is 24.8 Å². The summed E-state index contributed by atoms with van der Waals surface area (Å²) in [5.41, 5.74) is 16.4. The van der Waals surface area contributed by atoms with Crippen LogP contribution in [0, 0.1) is 17.8 Å². The number of carbonyl (C=O) groups excluding carboxylic acids is 3. The number of hydrazine groups is 1. The Morgan fingerprint density at radius 3 is 1.82 bits per heavy atom. The number of ether oxygens (including phenoxy) is 1. The second-order valence-corrected chi connectivity index (χ2v) is 13.7. The number of unbranched alkanes of at least 4 members (excludes halogenated alkanes) is 8. The first-order valence-corrected chi connectivity index (χ1v) is 17.5. The van der Waals surface area contributed by atoms with Gasteiger partial charge in [-0.2, -0.15) is 0 Å². The molecule has 0 aromatic heterocycles. The number of rotatable bonds is 24. The summed E-state index contributed by atoms with van der Waals surface area (Å²) in [5.74, 6) is -0.806. The molecule has 0 heterocycles. The van der Waals surface area contributed by atoms with E-state index >= 15 is 0 Å². The average molecular weight is 632 g/mol. The molecule has 1 aromatic carbocycles. The Morgan fingerprint density at radius 2 is 1.29 bits per heavy atom. The fourth-order valence-corrected chi connectivity index (χ4v) is 5.14. The molecule has 0 aliphatic rings. The molecule has 0 radical (unpaired) electrons. The Kier molecular flexibility index (Phi) is 20.7. The van der Waals surface area contributed by atoms with Crippen LogP contribution >= 0.6 is 0 Å². The minimum Gasteiger partial charge on any atom is -0.459 e. The number of carbonyl (C=O) groups is 3. The van der Waals surface area contributed by atoms with Crippen LogP contribution in [0.25, 0.3) is 0 Å². The van der Waals surface area contributed by atoms with Gasteiger partial charge in [-0.1, -0.05) is 130 Å². The number of benzene rings is 1. The number of amides is 2. The van der Waals surface area contributed by atoms with Gasteiger partial charge < -0.3 is 21.5 Å². The highest BCUT2D eigenvalue weighted by atomic mass is 16.5. The number of nitrogens with zero attached hydrogens (tertiary/aromatic N) is 1. The van der Waals surface area contributed by atoms with Crippen molar-refractivity contribution in [2.45, 2.75) is 143 Å². The van der Waals surface area contributed by atoms with Gasteiger partial charge in [0.1, 0.15) is 6.10 Å². The van der Waals surface area contributed by atoms with Gasteiger partial charge in [0.2, 0.25) is 5.91 Å². The summed E-state index contributed by atoms with van der Waals surface area (Å²) in [6, 6.07) is 7.83. The van der Waals surface area contributed by atoms with Crippen LogP contribution in [0.1, 0.15) is 118 Å². The Hall–Kier alpha value is -2.49. The normalized spacial score (nSPS) is 14.4. The van der Waals surface area contributed by atoms with Gasteiger partial charge >= 0.3 is 5.97 Å². The quantitative estimate of drug-likeness (QED) is 0.0671. The third-order valence-electron chi connectivity index (χ3n) is 8.14. The van der Waals surface area contributed by atoms with E-state index in [1.807, 2.05) is 58.0 Å². The van der Waals surface area contributed by atoms with Gasteiger partial charge in [0.25, 0.3) is 5.91 Å². The van der Waals surface area contributed by atoms with Crippen molar-refractivity contribution < 1.29 is 19.1 Å². The molecular weight excluding hydrogens is 566 g/mol. The van der Waals surface area contributed by atoms with Crippen LogP contribution < -0.4 is 22.2 Å². The van der Waals surface area contributed by atoms with E-state index < -0.39 is 24.2 Å². The topological polar surface area (TPSA) is 140 Å². The van der Waals surface area contributed by atoms with Crippen molar-refractivity contribution in [2.75, 3.05) is 13.1 Å². The Morgan fingerprint density at radius 1 is 0.756 bits per heavy atom. The minimum absolute atomic E-state index is 0.0431. The minimum atomic E-state index is -0.742. The van der Waals surface area contributed by atoms with Crippen molar-refractivity contribution in [1.29, 1.82) is 0 Å². The first-order chi connectivity index (χ1) is 21.3. The van der Waals surface area contributed by atoms with Gasteiger partial charge in [-0.25, -0.2) is 5.01 Å². The molecule has 45 heavy (non-hydrogen) atoms. The first kappa shape index (κ1) is 40.5. The van der Waals surface area contributed by atoms with Gasteiger partial charge in [-0.05, 0) is 36.2 Å². The lowest BCUT2D eigenvalue weighted by atomic mass is 9.98. The largest absolute Gasteiger partial charge is 0.459 e. The zero-order valence-corrected chi connectivity index (χ0v) is 29.4. The van der Waals surface area contributed by atoms with Gasteiger partial charge in [0.15, 0.2) is 0 Å². The van der Waals surface area contributed by atoms with E-state index in [-0.39, 0.29) is 42.1 Å². The van der Waals surface area contributed by atoms with E-state index in [1.165, 1.54) is 38.5 Å². The lowest BCUT2D eigenvalue weighted by molar-refractivity contribution is -0.154. The van der Waals surface area contributed by atoms with Gasteiger partial charge in [0, 0.05) is 13.0 Å². The lowest BCUT2D eigenvalue weighted by Gasteiger charge is -2.35. The van der Waals surface area contributed by atoms with Gasteiger partial charge in [-0.15, -0.1) is 0 Å². The van der Waals surface area contributed by atoms with Crippen LogP contribution in [0.4, 0.5) is 0 Å². The molecule has 0 aliphatic heterocycles. The monoisotopic (exact) mass is 632 g/mol. The predicted molar refractivity (Wildman–Crippen MR) is 184 cm³/mol. The Bertz CT molecular complexity index is 956. The Labute approximate surface area is 273 Å². The highest BCUT2D eigenvalue weighted by molar-refractivity contribution is 5.82. The van der Waals surface area contributed by atoms with Crippen LogP contribution in [-0.4, -0.2) is 60.1 Å². The molecule has 4 atom stereocenters. The van der Waals surface area contributed by atoms with E-state index in [9.17, 15) is 14.4 Å². The molecule has 0 fully saturated rings. The predicted octanol–water partition coefficient (Wildman–Crippen LogP) is 5.50. The third kappa shape index (κ3) is 17.7. The van der Waals surface area contributed by atoms with E-state index in [1.54, 1.807) is 5.01 Å². The molecule has 2 amide bonds. The smallest absolute Gasteiger partial charge is 0.306 e. The highest BCUT2D eigenvalue weighted by Crippen LogP contribution is 2.16. The molecule has 6 N–H and O–H groups in total. The van der Waals surface area contributed by atoms with Crippen LogP contribution in [0.5, 0.6) is 0 Å². The summed E-state index contributed by atoms with van der Waals surface area (Å²) >= 11 is 0. The summed E-state index contributed by atoms with van der Waals surface area (Å²) in [6.07, 6.45) is 10.4. The number of nitrogens with two attached hydrogens (primary N) is 2. The maximum atomic E-state index is 13.3. The summed E-state index contributed by atoms with van der Waals surface area (Å²) in [4.78, 5) is 39.6. The number of hydrogen-bond donors (Lipinski definition) is 4. The fraction of sp³-hybridized carbons (Fsp3) is 0.750. The molecule has 0 saturated carbocycles. The summed E-state index contributed by atoms with van der Waals surface area (Å²) in [5, 5.41) is 4.88. The zero-order chi connectivity index (χ0) is 33.8. The summed E-state index contributed by atoms with van der Waals surface area (Å²) in [6.45, 7) is 14.6. The lowest BCUT2D eigenvalue weighted by Crippen LogP contribution is -2.59. The van der Waals surface area contributed by atoms with Crippen molar-refractivity contribution in [1.82, 2.24) is 15.8 Å². The third-order valence-corrected chi connectivity index (χ3v) is 8.14. The highest BCUT2D eigenvalue weighted by Gasteiger charge is 2.32. The molecule has 2 unspecified atom stereocenters. The van der Waals surface area contributed by atoms with Crippen molar-refractivity contribution in [3.63, 3.8) is 0 Å². The van der Waals surface area contributed by atoms with E-state index in [2.05, 4.69) is 31.5 Å². The van der Waals surface area contributed by atoms with Gasteiger partial charge in [0.05, 0.1) is 24.7 Å². The molecule has 9 nitrogen and oxygen atoms in total. The van der Waals surface area contributed by atoms with E-state index in [0.29, 0.717) is 19.4 Å².